The first kappa shape index (κ1) is 10.5. The number of rotatable bonds is 3. The SMILES string of the molecule is Cc1ccc(CNc2nc(Br)cs2)nn1. The molecule has 0 saturated carbocycles. The minimum absolute atomic E-state index is 0.646. The van der Waals surface area contributed by atoms with Crippen LogP contribution in [0.4, 0.5) is 5.13 Å². The molecule has 0 saturated heterocycles. The predicted molar refractivity (Wildman–Crippen MR) is 63.9 cm³/mol. The summed E-state index contributed by atoms with van der Waals surface area (Å²) >= 11 is 4.85. The first-order valence-corrected chi connectivity index (χ1v) is 6.05. The number of halogens is 1. The van der Waals surface area contributed by atoms with Gasteiger partial charge in [-0.3, -0.25) is 0 Å². The molecule has 2 aromatic rings. The van der Waals surface area contributed by atoms with Gasteiger partial charge < -0.3 is 5.32 Å². The van der Waals surface area contributed by atoms with Crippen molar-refractivity contribution in [3.05, 3.63) is 33.5 Å². The molecule has 0 fully saturated rings. The highest BCUT2D eigenvalue weighted by Gasteiger charge is 1.99. The fourth-order valence-electron chi connectivity index (χ4n) is 1.02. The normalized spacial score (nSPS) is 10.3. The molecule has 6 heteroatoms. The average Bonchev–Trinajstić information content (AvgIpc) is 2.64. The lowest BCUT2D eigenvalue weighted by Crippen LogP contribution is -2.02. The molecule has 0 amide bonds. The van der Waals surface area contributed by atoms with E-state index in [4.69, 9.17) is 0 Å². The second kappa shape index (κ2) is 4.67. The van der Waals surface area contributed by atoms with Crippen molar-refractivity contribution < 1.29 is 0 Å². The topological polar surface area (TPSA) is 50.7 Å². The van der Waals surface area contributed by atoms with Crippen molar-refractivity contribution in [2.24, 2.45) is 0 Å². The molecular formula is C9H9BrN4S. The molecule has 0 aromatic carbocycles. The van der Waals surface area contributed by atoms with Crippen molar-refractivity contribution in [1.82, 2.24) is 15.2 Å². The molecule has 4 nitrogen and oxygen atoms in total. The van der Waals surface area contributed by atoms with Crippen LogP contribution in [0.15, 0.2) is 22.1 Å². The van der Waals surface area contributed by atoms with Gasteiger partial charge in [-0.1, -0.05) is 0 Å². The Hall–Kier alpha value is -1.01. The van der Waals surface area contributed by atoms with Crippen LogP contribution >= 0.6 is 27.3 Å². The second-order valence-corrected chi connectivity index (χ2v) is 4.67. The first-order valence-electron chi connectivity index (χ1n) is 4.38. The second-order valence-electron chi connectivity index (χ2n) is 2.99. The first-order chi connectivity index (χ1) is 7.24. The number of hydrogen-bond donors (Lipinski definition) is 1. The van der Waals surface area contributed by atoms with Crippen LogP contribution in [0.1, 0.15) is 11.4 Å². The van der Waals surface area contributed by atoms with Crippen LogP contribution in [0.2, 0.25) is 0 Å². The van der Waals surface area contributed by atoms with E-state index in [2.05, 4.69) is 36.4 Å². The van der Waals surface area contributed by atoms with E-state index in [1.807, 2.05) is 24.4 Å². The van der Waals surface area contributed by atoms with E-state index in [0.717, 1.165) is 21.1 Å². The van der Waals surface area contributed by atoms with Crippen molar-refractivity contribution in [2.75, 3.05) is 5.32 Å². The third-order valence-electron chi connectivity index (χ3n) is 1.75. The zero-order valence-electron chi connectivity index (χ0n) is 8.07. The summed E-state index contributed by atoms with van der Waals surface area (Å²) in [7, 11) is 0. The van der Waals surface area contributed by atoms with Gasteiger partial charge in [0.15, 0.2) is 5.13 Å². The number of aromatic nitrogens is 3. The highest BCUT2D eigenvalue weighted by atomic mass is 79.9. The molecule has 0 radical (unpaired) electrons. The van der Waals surface area contributed by atoms with Crippen LogP contribution in [-0.2, 0) is 6.54 Å². The molecule has 2 heterocycles. The van der Waals surface area contributed by atoms with Gasteiger partial charge in [-0.05, 0) is 35.0 Å². The van der Waals surface area contributed by atoms with E-state index in [1.165, 1.54) is 0 Å². The van der Waals surface area contributed by atoms with Crippen LogP contribution in [0.3, 0.4) is 0 Å². The summed E-state index contributed by atoms with van der Waals surface area (Å²) in [4.78, 5) is 4.22. The van der Waals surface area contributed by atoms with E-state index < -0.39 is 0 Å². The average molecular weight is 285 g/mol. The largest absolute Gasteiger partial charge is 0.356 e. The molecule has 0 atom stereocenters. The van der Waals surface area contributed by atoms with Crippen molar-refractivity contribution >= 4 is 32.4 Å². The number of nitrogens with one attached hydrogen (secondary N) is 1. The zero-order valence-corrected chi connectivity index (χ0v) is 10.5. The number of thiazole rings is 1. The van der Waals surface area contributed by atoms with Crippen LogP contribution in [0, 0.1) is 6.92 Å². The Labute approximate surface area is 99.9 Å². The Morgan fingerprint density at radius 1 is 1.40 bits per heavy atom. The molecule has 0 aliphatic rings. The molecule has 0 spiro atoms. The minimum atomic E-state index is 0.646. The van der Waals surface area contributed by atoms with Gasteiger partial charge in [0.25, 0.3) is 0 Å². The molecule has 0 unspecified atom stereocenters. The van der Waals surface area contributed by atoms with E-state index >= 15 is 0 Å². The molecule has 0 aliphatic heterocycles. The lowest BCUT2D eigenvalue weighted by Gasteiger charge is -2.00. The third-order valence-corrected chi connectivity index (χ3v) is 3.26. The molecule has 0 aliphatic carbocycles. The summed E-state index contributed by atoms with van der Waals surface area (Å²) < 4.78 is 0.852. The van der Waals surface area contributed by atoms with Gasteiger partial charge in [0.1, 0.15) is 4.60 Å². The molecule has 15 heavy (non-hydrogen) atoms. The van der Waals surface area contributed by atoms with Crippen molar-refractivity contribution in [3.8, 4) is 0 Å². The van der Waals surface area contributed by atoms with Crippen LogP contribution in [-0.4, -0.2) is 15.2 Å². The van der Waals surface area contributed by atoms with Gasteiger partial charge in [0.05, 0.1) is 17.9 Å². The Bertz CT molecular complexity index is 440. The predicted octanol–water partition coefficient (Wildman–Crippen LogP) is 2.62. The number of nitrogens with zero attached hydrogens (tertiary/aromatic N) is 3. The summed E-state index contributed by atoms with van der Waals surface area (Å²) in [5.41, 5.74) is 1.84. The lowest BCUT2D eigenvalue weighted by molar-refractivity contribution is 0.897. The number of hydrogen-bond acceptors (Lipinski definition) is 5. The summed E-state index contributed by atoms with van der Waals surface area (Å²) in [5.74, 6) is 0. The number of anilines is 1. The van der Waals surface area contributed by atoms with Crippen molar-refractivity contribution in [3.63, 3.8) is 0 Å². The maximum absolute atomic E-state index is 4.22. The summed E-state index contributed by atoms with van der Waals surface area (Å²) in [6.07, 6.45) is 0. The van der Waals surface area contributed by atoms with Gasteiger partial charge in [-0.15, -0.1) is 11.3 Å². The van der Waals surface area contributed by atoms with Gasteiger partial charge in [-0.2, -0.15) is 10.2 Å². The van der Waals surface area contributed by atoms with Gasteiger partial charge in [-0.25, -0.2) is 4.98 Å². The van der Waals surface area contributed by atoms with E-state index in [0.29, 0.717) is 6.54 Å². The summed E-state index contributed by atoms with van der Waals surface area (Å²) in [6.45, 7) is 2.56. The van der Waals surface area contributed by atoms with Gasteiger partial charge in [0, 0.05) is 5.38 Å². The van der Waals surface area contributed by atoms with Gasteiger partial charge >= 0.3 is 0 Å². The van der Waals surface area contributed by atoms with E-state index in [1.54, 1.807) is 11.3 Å². The maximum atomic E-state index is 4.22. The van der Waals surface area contributed by atoms with Crippen LogP contribution in [0.25, 0.3) is 0 Å². The number of aryl methyl sites for hydroxylation is 1. The molecule has 78 valence electrons. The van der Waals surface area contributed by atoms with E-state index in [9.17, 15) is 0 Å². The Balaban J connectivity index is 1.96. The molecule has 2 rings (SSSR count). The Kier molecular flexibility index (Phi) is 3.27. The smallest absolute Gasteiger partial charge is 0.184 e. The fraction of sp³-hybridized carbons (Fsp3) is 0.222. The highest BCUT2D eigenvalue weighted by Crippen LogP contribution is 2.19. The zero-order chi connectivity index (χ0) is 10.7. The Morgan fingerprint density at radius 2 is 2.27 bits per heavy atom. The van der Waals surface area contributed by atoms with E-state index in [-0.39, 0.29) is 0 Å². The third kappa shape index (κ3) is 2.97. The fourth-order valence-corrected chi connectivity index (χ4v) is 2.17. The van der Waals surface area contributed by atoms with Crippen LogP contribution in [0.5, 0.6) is 0 Å². The van der Waals surface area contributed by atoms with Crippen LogP contribution < -0.4 is 5.32 Å². The molecule has 2 aromatic heterocycles. The van der Waals surface area contributed by atoms with Crippen molar-refractivity contribution in [2.45, 2.75) is 13.5 Å². The molecule has 1 N–H and O–H groups in total. The van der Waals surface area contributed by atoms with Gasteiger partial charge in [0.2, 0.25) is 0 Å². The minimum Gasteiger partial charge on any atom is -0.356 e. The standard InChI is InChI=1S/C9H9BrN4S/c1-6-2-3-7(14-13-6)4-11-9-12-8(10)5-15-9/h2-3,5H,4H2,1H3,(H,11,12). The lowest BCUT2D eigenvalue weighted by atomic mass is 10.3. The quantitative estimate of drug-likeness (QED) is 0.941. The molecule has 0 bridgehead atoms. The summed E-state index contributed by atoms with van der Waals surface area (Å²) in [5, 5.41) is 14.0. The Morgan fingerprint density at radius 3 is 2.87 bits per heavy atom. The monoisotopic (exact) mass is 284 g/mol. The highest BCUT2D eigenvalue weighted by molar-refractivity contribution is 9.10. The van der Waals surface area contributed by atoms with Crippen molar-refractivity contribution in [1.29, 1.82) is 0 Å². The maximum Gasteiger partial charge on any atom is 0.184 e. The summed E-state index contributed by atoms with van der Waals surface area (Å²) in [6, 6.07) is 3.90. The molecular weight excluding hydrogens is 276 g/mol.